The molecule has 18 heteroatoms. The Morgan fingerprint density at radius 3 is 1.36 bits per heavy atom. The smallest absolute Gasteiger partial charge is 1.00 e. The van der Waals surface area contributed by atoms with Crippen molar-refractivity contribution >= 4 is 52.1 Å². The van der Waals surface area contributed by atoms with E-state index in [4.69, 9.17) is 39.9 Å². The Hall–Kier alpha value is -1.69. The Kier molecular flexibility index (Phi) is 19.9. The van der Waals surface area contributed by atoms with E-state index in [0.717, 1.165) is 12.1 Å². The molecule has 0 amide bonds. The van der Waals surface area contributed by atoms with Gasteiger partial charge < -0.3 is 15.3 Å². The van der Waals surface area contributed by atoms with Crippen LogP contribution in [0.25, 0.3) is 0 Å². The molecule has 0 spiro atoms. The molecule has 0 unspecified atom stereocenters. The zero-order valence-corrected chi connectivity index (χ0v) is 24.1. The van der Waals surface area contributed by atoms with Gasteiger partial charge in [0.25, 0.3) is 5.24 Å². The minimum absolute atomic E-state index is 0. The van der Waals surface area contributed by atoms with Crippen LogP contribution in [0.5, 0.6) is 0 Å². The Balaban J connectivity index is -0.000000231. The molecule has 3 N–H and O–H groups in total. The van der Waals surface area contributed by atoms with Gasteiger partial charge in [-0.1, -0.05) is 23.2 Å². The summed E-state index contributed by atoms with van der Waals surface area (Å²) in [6.07, 6.45) is 0. The van der Waals surface area contributed by atoms with Gasteiger partial charge in [0, 0.05) is 12.1 Å². The van der Waals surface area contributed by atoms with Gasteiger partial charge in [0.1, 0.15) is 17.5 Å². The molecule has 3 rings (SSSR count). The van der Waals surface area contributed by atoms with Gasteiger partial charge in [-0.05, 0) is 35.9 Å². The van der Waals surface area contributed by atoms with Crippen LogP contribution in [-0.4, -0.2) is 27.8 Å². The van der Waals surface area contributed by atoms with E-state index in [1.807, 2.05) is 0 Å². The molecular weight excluding hydrogens is 649 g/mol. The summed E-state index contributed by atoms with van der Waals surface area (Å²) < 4.78 is 98.4. The molecule has 208 valence electrons. The van der Waals surface area contributed by atoms with Gasteiger partial charge in [0.05, 0.1) is 26.7 Å². The maximum absolute atomic E-state index is 12.7. The van der Waals surface area contributed by atoms with E-state index in [9.17, 15) is 49.5 Å². The van der Waals surface area contributed by atoms with Crippen LogP contribution in [0.15, 0.2) is 36.4 Å². The van der Waals surface area contributed by atoms with E-state index in [1.54, 1.807) is 0 Å². The van der Waals surface area contributed by atoms with E-state index >= 15 is 0 Å². The van der Waals surface area contributed by atoms with Crippen LogP contribution in [0.4, 0.5) is 35.1 Å². The molecule has 0 atom stereocenters. The number of benzene rings is 3. The summed E-state index contributed by atoms with van der Waals surface area (Å²) in [6, 6.07) is 0.682. The predicted molar refractivity (Wildman–Crippen MR) is 116 cm³/mol. The summed E-state index contributed by atoms with van der Waals surface area (Å²) >= 11 is 16.0. The molecule has 0 saturated carbocycles. The molecule has 0 fully saturated rings. The largest absolute Gasteiger partial charge is 1.00 e. The molecular formula is C21H10Cl3F9KO5+. The second-order valence-corrected chi connectivity index (χ2v) is 7.25. The van der Waals surface area contributed by atoms with Crippen molar-refractivity contribution in [3.8, 4) is 0 Å². The van der Waals surface area contributed by atoms with Crippen LogP contribution in [0, 0.1) is 40.7 Å². The Labute approximate surface area is 271 Å². The van der Waals surface area contributed by atoms with Gasteiger partial charge in [-0.3, -0.25) is 9.59 Å². The fourth-order valence-electron chi connectivity index (χ4n) is 2.03. The number of carbonyl (C=O) groups is 3. The summed E-state index contributed by atoms with van der Waals surface area (Å²) in [4.78, 5) is 30.7. The fraction of sp³-hybridized carbons (Fsp3) is 0. The van der Waals surface area contributed by atoms with E-state index in [2.05, 4.69) is 0 Å². The minimum Gasteiger partial charge on any atom is -1.00 e. The molecule has 3 aromatic carbocycles. The third kappa shape index (κ3) is 12.6. The summed E-state index contributed by atoms with van der Waals surface area (Å²) in [7, 11) is 0. The number of carboxylic acids is 1. The first-order valence-electron chi connectivity index (χ1n) is 8.63. The van der Waals surface area contributed by atoms with Crippen LogP contribution in [0.2, 0.25) is 10.0 Å². The number of carbonyl (C=O) groups excluding carboxylic acids is 2. The number of carboxylic acid groups (broad SMARTS) is 1. The third-order valence-corrected chi connectivity index (χ3v) is 4.49. The van der Waals surface area contributed by atoms with E-state index in [0.29, 0.717) is 6.07 Å². The monoisotopic (exact) mass is 657 g/mol. The fourth-order valence-corrected chi connectivity index (χ4v) is 2.71. The maximum Gasteiger partial charge on any atom is 1.00 e. The van der Waals surface area contributed by atoms with Crippen molar-refractivity contribution in [2.45, 2.75) is 0 Å². The van der Waals surface area contributed by atoms with Crippen LogP contribution in [-0.2, 0) is 0 Å². The molecule has 0 aromatic heterocycles. The van der Waals surface area contributed by atoms with E-state index in [1.165, 1.54) is 0 Å². The molecule has 39 heavy (non-hydrogen) atoms. The number of aromatic carboxylic acids is 1. The normalized spacial score (nSPS) is 9.21. The molecule has 3 aromatic rings. The molecule has 0 saturated heterocycles. The van der Waals surface area contributed by atoms with Gasteiger partial charge in [-0.2, -0.15) is 4.39 Å². The SMILES string of the molecule is O.O=C(Cl)c1cc(F)c(Cl)cc1Cl.O=C(F)c1cc(F)c(F)cc1F.O=C(O)c1cc(F)c(F)cc1F.[F-].[H+].[K+]. The zero-order valence-electron chi connectivity index (χ0n) is 19.7. The van der Waals surface area contributed by atoms with Gasteiger partial charge in [-0.25, -0.2) is 35.5 Å². The summed E-state index contributed by atoms with van der Waals surface area (Å²) in [6.45, 7) is 0. The van der Waals surface area contributed by atoms with Crippen molar-refractivity contribution in [3.63, 3.8) is 0 Å². The average Bonchev–Trinajstić information content (AvgIpc) is 2.76. The van der Waals surface area contributed by atoms with Crippen molar-refractivity contribution in [2.24, 2.45) is 0 Å². The average molecular weight is 659 g/mol. The topological polar surface area (TPSA) is 103 Å². The minimum atomic E-state index is -2.13. The molecule has 0 heterocycles. The maximum atomic E-state index is 12.7. The second kappa shape index (κ2) is 18.6. The van der Waals surface area contributed by atoms with Crippen LogP contribution in [0.3, 0.4) is 0 Å². The first kappa shape index (κ1) is 41.8. The first-order chi connectivity index (χ1) is 16.6. The summed E-state index contributed by atoms with van der Waals surface area (Å²) in [5.74, 6) is -10.8. The van der Waals surface area contributed by atoms with Crippen molar-refractivity contribution in [1.82, 2.24) is 0 Å². The van der Waals surface area contributed by atoms with Crippen LogP contribution < -0.4 is 56.1 Å². The Morgan fingerprint density at radius 1 is 0.615 bits per heavy atom. The quantitative estimate of drug-likeness (QED) is 0.195. The third-order valence-electron chi connectivity index (χ3n) is 3.68. The molecule has 0 radical (unpaired) electrons. The Morgan fingerprint density at radius 2 is 0.974 bits per heavy atom. The van der Waals surface area contributed by atoms with E-state index < -0.39 is 69.1 Å². The molecule has 5 nitrogen and oxygen atoms in total. The van der Waals surface area contributed by atoms with Gasteiger partial charge in [-0.15, -0.1) is 0 Å². The summed E-state index contributed by atoms with van der Waals surface area (Å²) in [5.41, 5.74) is -2.07. The van der Waals surface area contributed by atoms with Crippen molar-refractivity contribution in [3.05, 3.63) is 104 Å². The van der Waals surface area contributed by atoms with Gasteiger partial charge in [0.2, 0.25) is 0 Å². The molecule has 0 aliphatic heterocycles. The first-order valence-corrected chi connectivity index (χ1v) is 9.76. The second-order valence-electron chi connectivity index (χ2n) is 6.09. The van der Waals surface area contributed by atoms with Crippen LogP contribution >= 0.6 is 34.8 Å². The number of rotatable bonds is 3. The van der Waals surface area contributed by atoms with Crippen molar-refractivity contribution < 1.29 is 118 Å². The molecule has 0 bridgehead atoms. The number of hydrogen-bond acceptors (Lipinski definition) is 3. The zero-order chi connectivity index (χ0) is 27.9. The Bertz CT molecular complexity index is 1190. The predicted octanol–water partition coefficient (Wildman–Crippen LogP) is 0.823. The number of halogens is 12. The molecule has 0 aliphatic carbocycles. The van der Waals surface area contributed by atoms with Gasteiger partial charge >= 0.3 is 64.8 Å². The van der Waals surface area contributed by atoms with Crippen molar-refractivity contribution in [2.75, 3.05) is 0 Å². The molecule has 0 aliphatic rings. The standard InChI is InChI=1S/C7H2Cl3FO.C7H2F4O.C7H3F3O2.FH.K.H2O/c8-4-2-5(9)6(11)1-3(4)7(10)12;2*8-4-2-6(10)5(9)1-3(4)7(11)12;;;/h2*1-2H;1-2H,(H,11,12);1H;;1H2/q;;;;+1;. The van der Waals surface area contributed by atoms with Crippen molar-refractivity contribution in [1.29, 1.82) is 0 Å². The van der Waals surface area contributed by atoms with Crippen LogP contribution in [0.1, 0.15) is 32.5 Å². The van der Waals surface area contributed by atoms with Gasteiger partial charge in [0.15, 0.2) is 23.3 Å². The van der Waals surface area contributed by atoms with E-state index in [-0.39, 0.29) is 96.8 Å². The number of hydrogen-bond donors (Lipinski definition) is 1. The summed E-state index contributed by atoms with van der Waals surface area (Å²) in [5, 5.41) is 7.35.